The van der Waals surface area contributed by atoms with E-state index < -0.39 is 11.7 Å². The number of aryl methyl sites for hydroxylation is 2. The lowest BCUT2D eigenvalue weighted by Gasteiger charge is -2.34. The molecule has 3 amide bonds. The van der Waals surface area contributed by atoms with E-state index in [2.05, 4.69) is 9.97 Å². The number of rotatable bonds is 3. The van der Waals surface area contributed by atoms with E-state index in [1.165, 1.54) is 9.80 Å². The van der Waals surface area contributed by atoms with Crippen LogP contribution in [0.1, 0.15) is 17.5 Å². The maximum atomic E-state index is 13.0. The molecule has 2 aliphatic heterocycles. The number of piperazine rings is 1. The van der Waals surface area contributed by atoms with E-state index in [4.69, 9.17) is 0 Å². The first-order valence-corrected chi connectivity index (χ1v) is 9.78. The Kier molecular flexibility index (Phi) is 5.19. The lowest BCUT2D eigenvalue weighted by Crippen LogP contribution is -2.54. The van der Waals surface area contributed by atoms with Crippen molar-refractivity contribution in [3.05, 3.63) is 47.5 Å². The number of halogens is 1. The summed E-state index contributed by atoms with van der Waals surface area (Å²) in [5.74, 6) is -1.59. The van der Waals surface area contributed by atoms with Gasteiger partial charge in [-0.25, -0.2) is 14.4 Å². The highest BCUT2D eigenvalue weighted by Gasteiger charge is 2.39. The Morgan fingerprint density at radius 3 is 2.43 bits per heavy atom. The van der Waals surface area contributed by atoms with Gasteiger partial charge >= 0.3 is 0 Å². The van der Waals surface area contributed by atoms with Gasteiger partial charge in [-0.05, 0) is 37.1 Å². The summed E-state index contributed by atoms with van der Waals surface area (Å²) in [5, 5.41) is 0. The van der Waals surface area contributed by atoms with Crippen molar-refractivity contribution < 1.29 is 18.8 Å². The Bertz CT molecular complexity index is 1010. The van der Waals surface area contributed by atoms with Crippen LogP contribution < -0.4 is 9.80 Å². The van der Waals surface area contributed by atoms with E-state index in [9.17, 15) is 18.8 Å². The summed E-state index contributed by atoms with van der Waals surface area (Å²) in [5.41, 5.74) is 3.01. The van der Waals surface area contributed by atoms with Gasteiger partial charge in [-0.15, -0.1) is 0 Å². The fourth-order valence-electron chi connectivity index (χ4n) is 3.79. The molecule has 2 fully saturated rings. The molecule has 0 spiro atoms. The van der Waals surface area contributed by atoms with Crippen LogP contribution in [0.25, 0.3) is 0 Å². The zero-order chi connectivity index (χ0) is 21.4. The molecule has 0 saturated carbocycles. The first-order valence-electron chi connectivity index (χ1n) is 9.78. The van der Waals surface area contributed by atoms with Gasteiger partial charge in [-0.3, -0.25) is 19.3 Å². The van der Waals surface area contributed by atoms with Crippen molar-refractivity contribution in [1.29, 1.82) is 0 Å². The summed E-state index contributed by atoms with van der Waals surface area (Å²) in [7, 11) is 0. The number of nitrogens with zero attached hydrogens (tertiary/aromatic N) is 5. The van der Waals surface area contributed by atoms with Crippen molar-refractivity contribution in [1.82, 2.24) is 14.9 Å². The van der Waals surface area contributed by atoms with Gasteiger partial charge in [0.1, 0.15) is 6.54 Å². The van der Waals surface area contributed by atoms with Crippen LogP contribution in [0.5, 0.6) is 0 Å². The number of aromatic nitrogens is 2. The van der Waals surface area contributed by atoms with Gasteiger partial charge in [0.25, 0.3) is 0 Å². The number of hydrogen-bond donors (Lipinski definition) is 0. The van der Waals surface area contributed by atoms with E-state index in [0.29, 0.717) is 13.1 Å². The van der Waals surface area contributed by atoms with Crippen molar-refractivity contribution >= 4 is 29.4 Å². The Morgan fingerprint density at radius 2 is 1.77 bits per heavy atom. The molecule has 2 aliphatic rings. The van der Waals surface area contributed by atoms with E-state index in [1.807, 2.05) is 32.0 Å². The molecule has 0 aliphatic carbocycles. The lowest BCUT2D eigenvalue weighted by atomic mass is 10.1. The summed E-state index contributed by atoms with van der Waals surface area (Å²) in [6, 6.07) is 5.80. The van der Waals surface area contributed by atoms with Gasteiger partial charge in [-0.2, -0.15) is 0 Å². The standard InChI is InChI=1S/C21H22FN5O3/c1-13-3-4-17(7-14(13)2)27-11-15(8-18(27)28)20(30)25-5-6-26(19(29)12-25)21-23-9-16(22)10-24-21/h3-4,7,9-10,15H,5-6,8,11-12H2,1-2H3. The fraction of sp³-hybridized carbons (Fsp3) is 0.381. The van der Waals surface area contributed by atoms with E-state index in [1.54, 1.807) is 4.90 Å². The highest BCUT2D eigenvalue weighted by molar-refractivity contribution is 6.02. The minimum absolute atomic E-state index is 0.0960. The first-order chi connectivity index (χ1) is 14.3. The van der Waals surface area contributed by atoms with Gasteiger partial charge in [0.2, 0.25) is 23.7 Å². The topological polar surface area (TPSA) is 86.7 Å². The molecule has 1 aromatic heterocycles. The SMILES string of the molecule is Cc1ccc(N2CC(C(=O)N3CCN(c4ncc(F)cn4)C(=O)C3)CC2=O)cc1C. The molecule has 8 nitrogen and oxygen atoms in total. The predicted octanol–water partition coefficient (Wildman–Crippen LogP) is 1.46. The second-order valence-corrected chi connectivity index (χ2v) is 7.68. The van der Waals surface area contributed by atoms with Crippen LogP contribution in [0.2, 0.25) is 0 Å². The Labute approximate surface area is 173 Å². The van der Waals surface area contributed by atoms with Crippen LogP contribution in [0.4, 0.5) is 16.0 Å². The smallest absolute Gasteiger partial charge is 0.249 e. The maximum Gasteiger partial charge on any atom is 0.249 e. The van der Waals surface area contributed by atoms with Crippen molar-refractivity contribution in [2.24, 2.45) is 5.92 Å². The van der Waals surface area contributed by atoms with Gasteiger partial charge in [0.15, 0.2) is 5.82 Å². The number of amides is 3. The molecule has 4 rings (SSSR count). The quantitative estimate of drug-likeness (QED) is 0.763. The van der Waals surface area contributed by atoms with E-state index in [-0.39, 0.29) is 43.2 Å². The normalized spacial score (nSPS) is 19.6. The lowest BCUT2D eigenvalue weighted by molar-refractivity contribution is -0.140. The zero-order valence-corrected chi connectivity index (χ0v) is 16.8. The van der Waals surface area contributed by atoms with Crippen molar-refractivity contribution in [3.63, 3.8) is 0 Å². The van der Waals surface area contributed by atoms with Crippen molar-refractivity contribution in [3.8, 4) is 0 Å². The Morgan fingerprint density at radius 1 is 1.03 bits per heavy atom. The summed E-state index contributed by atoms with van der Waals surface area (Å²) < 4.78 is 13.0. The molecule has 0 bridgehead atoms. The maximum absolute atomic E-state index is 13.0. The minimum atomic E-state index is -0.584. The van der Waals surface area contributed by atoms with E-state index >= 15 is 0 Å². The van der Waals surface area contributed by atoms with Crippen molar-refractivity contribution in [2.75, 3.05) is 36.0 Å². The molecule has 0 N–H and O–H groups in total. The van der Waals surface area contributed by atoms with Gasteiger partial charge in [0, 0.05) is 31.7 Å². The molecule has 0 radical (unpaired) electrons. The molecule has 1 unspecified atom stereocenters. The molecule has 1 atom stereocenters. The molecular weight excluding hydrogens is 389 g/mol. The number of carbonyl (C=O) groups excluding carboxylic acids is 3. The largest absolute Gasteiger partial charge is 0.331 e. The number of hydrogen-bond acceptors (Lipinski definition) is 5. The number of carbonyl (C=O) groups is 3. The van der Waals surface area contributed by atoms with Gasteiger partial charge in [-0.1, -0.05) is 6.07 Å². The highest BCUT2D eigenvalue weighted by atomic mass is 19.1. The Hall–Kier alpha value is -3.36. The van der Waals surface area contributed by atoms with Crippen LogP contribution in [-0.2, 0) is 14.4 Å². The average Bonchev–Trinajstić information content (AvgIpc) is 3.12. The predicted molar refractivity (Wildman–Crippen MR) is 107 cm³/mol. The molecule has 3 heterocycles. The molecule has 2 aromatic rings. The fourth-order valence-corrected chi connectivity index (χ4v) is 3.79. The van der Waals surface area contributed by atoms with Crippen LogP contribution in [0.3, 0.4) is 0 Å². The van der Waals surface area contributed by atoms with Crippen LogP contribution in [0, 0.1) is 25.6 Å². The average molecular weight is 411 g/mol. The Balaban J connectivity index is 1.41. The van der Waals surface area contributed by atoms with Crippen LogP contribution in [-0.4, -0.2) is 58.8 Å². The minimum Gasteiger partial charge on any atom is -0.331 e. The molecule has 9 heteroatoms. The molecular formula is C21H22FN5O3. The summed E-state index contributed by atoms with van der Waals surface area (Å²) in [4.78, 5) is 50.1. The third-order valence-corrected chi connectivity index (χ3v) is 5.66. The molecule has 30 heavy (non-hydrogen) atoms. The van der Waals surface area contributed by atoms with Gasteiger partial charge < -0.3 is 9.80 Å². The van der Waals surface area contributed by atoms with Crippen molar-refractivity contribution in [2.45, 2.75) is 20.3 Å². The third kappa shape index (κ3) is 3.74. The number of benzene rings is 1. The highest BCUT2D eigenvalue weighted by Crippen LogP contribution is 2.28. The first kappa shape index (κ1) is 19.9. The number of anilines is 2. The summed E-state index contributed by atoms with van der Waals surface area (Å²) in [6.45, 7) is 4.70. The van der Waals surface area contributed by atoms with E-state index in [0.717, 1.165) is 29.2 Å². The monoisotopic (exact) mass is 411 g/mol. The third-order valence-electron chi connectivity index (χ3n) is 5.66. The van der Waals surface area contributed by atoms with Crippen LogP contribution in [0.15, 0.2) is 30.6 Å². The molecule has 1 aromatic carbocycles. The second-order valence-electron chi connectivity index (χ2n) is 7.68. The zero-order valence-electron chi connectivity index (χ0n) is 16.8. The summed E-state index contributed by atoms with van der Waals surface area (Å²) >= 11 is 0. The summed E-state index contributed by atoms with van der Waals surface area (Å²) in [6.07, 6.45) is 2.12. The molecule has 2 saturated heterocycles. The molecule has 156 valence electrons. The second kappa shape index (κ2) is 7.81. The van der Waals surface area contributed by atoms with Gasteiger partial charge in [0.05, 0.1) is 18.3 Å². The van der Waals surface area contributed by atoms with Crippen LogP contribution >= 0.6 is 0 Å².